The van der Waals surface area contributed by atoms with Gasteiger partial charge in [0.15, 0.2) is 0 Å². The fourth-order valence-corrected chi connectivity index (χ4v) is 3.99. The molecule has 0 spiro atoms. The van der Waals surface area contributed by atoms with Crippen molar-refractivity contribution in [3.63, 3.8) is 0 Å². The molecule has 2 rings (SSSR count). The van der Waals surface area contributed by atoms with Gasteiger partial charge in [-0.25, -0.2) is 8.78 Å². The average molecular weight is 280 g/mol. The first kappa shape index (κ1) is 13.9. The molecule has 0 aromatic rings. The SMILES string of the molecule is C/C(O)=S(/NC(=O)[C@@]1(N)CC1C(F)F)C1(C)CC1. The van der Waals surface area contributed by atoms with Crippen molar-refractivity contribution in [1.82, 2.24) is 4.72 Å². The highest BCUT2D eigenvalue weighted by Crippen LogP contribution is 2.52. The fraction of sp³-hybridized carbons (Fsp3) is 0.818. The summed E-state index contributed by atoms with van der Waals surface area (Å²) >= 11 is 0. The Morgan fingerprint density at radius 3 is 2.44 bits per heavy atom. The maximum Gasteiger partial charge on any atom is 0.250 e. The number of hydrogen-bond acceptors (Lipinski definition) is 2. The molecule has 7 heteroatoms. The Kier molecular flexibility index (Phi) is 3.28. The van der Waals surface area contributed by atoms with Crippen LogP contribution in [0.25, 0.3) is 0 Å². The van der Waals surface area contributed by atoms with Crippen LogP contribution in [0.4, 0.5) is 8.78 Å². The summed E-state index contributed by atoms with van der Waals surface area (Å²) in [5, 5.41) is 9.75. The highest BCUT2D eigenvalue weighted by molar-refractivity contribution is 8.15. The molecule has 0 radical (unpaired) electrons. The second kappa shape index (κ2) is 4.25. The van der Waals surface area contributed by atoms with Gasteiger partial charge in [0.1, 0.15) is 5.54 Å². The van der Waals surface area contributed by atoms with Gasteiger partial charge in [-0.3, -0.25) is 4.79 Å². The maximum atomic E-state index is 12.5. The number of aliphatic hydroxyl groups is 1. The van der Waals surface area contributed by atoms with Crippen molar-refractivity contribution < 1.29 is 18.7 Å². The first-order valence-electron chi connectivity index (χ1n) is 5.86. The van der Waals surface area contributed by atoms with Crippen LogP contribution in [0, 0.1) is 5.92 Å². The van der Waals surface area contributed by atoms with Crippen molar-refractivity contribution in [3.05, 3.63) is 0 Å². The quantitative estimate of drug-likeness (QED) is 0.684. The van der Waals surface area contributed by atoms with E-state index in [2.05, 4.69) is 4.72 Å². The lowest BCUT2D eigenvalue weighted by atomic mass is 10.2. The third-order valence-electron chi connectivity index (χ3n) is 3.72. The number of amides is 1. The minimum Gasteiger partial charge on any atom is -0.358 e. The molecule has 0 aliphatic heterocycles. The lowest BCUT2D eigenvalue weighted by Crippen LogP contribution is -2.44. The van der Waals surface area contributed by atoms with E-state index in [1.165, 1.54) is 6.92 Å². The standard InChI is InChI=1S/C11H18F2N2O2S/c1-6(16)18(10(2)3-4-10)15-9(17)11(14)5-7(11)8(12)13/h7-8,16H,3-5,14H2,1-2H3,(H,15,17)/t7?,11-,18?/m1/s1. The zero-order valence-corrected chi connectivity index (χ0v) is 11.2. The Labute approximate surface area is 107 Å². The van der Waals surface area contributed by atoms with Gasteiger partial charge >= 0.3 is 0 Å². The maximum absolute atomic E-state index is 12.5. The third-order valence-corrected chi connectivity index (χ3v) is 6.10. The molecule has 0 saturated heterocycles. The van der Waals surface area contributed by atoms with Crippen LogP contribution in [0.5, 0.6) is 0 Å². The second-order valence-corrected chi connectivity index (χ2v) is 7.78. The third kappa shape index (κ3) is 2.31. The topological polar surface area (TPSA) is 75.3 Å². The molecular weight excluding hydrogens is 262 g/mol. The van der Waals surface area contributed by atoms with Crippen molar-refractivity contribution >= 4 is 21.6 Å². The predicted molar refractivity (Wildman–Crippen MR) is 67.7 cm³/mol. The van der Waals surface area contributed by atoms with Gasteiger partial charge in [0.25, 0.3) is 0 Å². The second-order valence-electron chi connectivity index (χ2n) is 5.39. The summed E-state index contributed by atoms with van der Waals surface area (Å²) in [4.78, 5) is 11.9. The molecule has 0 aromatic carbocycles. The monoisotopic (exact) mass is 280 g/mol. The molecule has 0 heterocycles. The normalized spacial score (nSPS) is 35.1. The number of alkyl halides is 2. The molecule has 0 aromatic heterocycles. The van der Waals surface area contributed by atoms with Gasteiger partial charge < -0.3 is 15.6 Å². The summed E-state index contributed by atoms with van der Waals surface area (Å²) in [6.07, 6.45) is -0.748. The summed E-state index contributed by atoms with van der Waals surface area (Å²) in [5.41, 5.74) is 4.21. The highest BCUT2D eigenvalue weighted by Gasteiger charge is 2.62. The number of halogens is 2. The van der Waals surface area contributed by atoms with Gasteiger partial charge in [-0.1, -0.05) is 10.7 Å². The molecule has 104 valence electrons. The molecule has 4 nitrogen and oxygen atoms in total. The fourth-order valence-electron chi connectivity index (χ4n) is 2.00. The zero-order chi connectivity index (χ0) is 13.7. The highest BCUT2D eigenvalue weighted by atomic mass is 32.2. The molecule has 18 heavy (non-hydrogen) atoms. The molecule has 2 unspecified atom stereocenters. The number of nitrogens with two attached hydrogens (primary N) is 1. The molecule has 2 saturated carbocycles. The number of hydrogen-bond donors (Lipinski definition) is 3. The lowest BCUT2D eigenvalue weighted by molar-refractivity contribution is -0.122. The van der Waals surface area contributed by atoms with Gasteiger partial charge in [0, 0.05) is 10.7 Å². The van der Waals surface area contributed by atoms with Crippen LogP contribution in [0.1, 0.15) is 33.1 Å². The van der Waals surface area contributed by atoms with Crippen molar-refractivity contribution in [2.75, 3.05) is 0 Å². The van der Waals surface area contributed by atoms with Gasteiger partial charge in [-0.15, -0.1) is 0 Å². The minimum absolute atomic E-state index is 0.00882. The molecular formula is C11H18F2N2O2S. The van der Waals surface area contributed by atoms with E-state index in [1.54, 1.807) is 0 Å². The van der Waals surface area contributed by atoms with Gasteiger partial charge in [0.2, 0.25) is 12.3 Å². The van der Waals surface area contributed by atoms with E-state index >= 15 is 0 Å². The predicted octanol–water partition coefficient (Wildman–Crippen LogP) is 1.53. The van der Waals surface area contributed by atoms with Crippen LogP contribution in [0.2, 0.25) is 0 Å². The van der Waals surface area contributed by atoms with E-state index in [4.69, 9.17) is 5.73 Å². The molecule has 0 bridgehead atoms. The zero-order valence-electron chi connectivity index (χ0n) is 10.4. The molecule has 2 fully saturated rings. The van der Waals surface area contributed by atoms with E-state index in [-0.39, 0.29) is 16.2 Å². The Morgan fingerprint density at radius 2 is 2.11 bits per heavy atom. The number of aliphatic hydroxyl groups excluding tert-OH is 1. The van der Waals surface area contributed by atoms with Crippen LogP contribution >= 0.6 is 10.7 Å². The summed E-state index contributed by atoms with van der Waals surface area (Å²) in [6.45, 7) is 3.48. The van der Waals surface area contributed by atoms with Crippen LogP contribution in [0.3, 0.4) is 0 Å². The Morgan fingerprint density at radius 1 is 1.56 bits per heavy atom. The van der Waals surface area contributed by atoms with Crippen LogP contribution in [-0.4, -0.2) is 32.8 Å². The smallest absolute Gasteiger partial charge is 0.250 e. The molecule has 1 amide bonds. The van der Waals surface area contributed by atoms with Crippen molar-refractivity contribution in [2.24, 2.45) is 11.7 Å². The van der Waals surface area contributed by atoms with Gasteiger partial charge in [-0.05, 0) is 33.1 Å². The Balaban J connectivity index is 2.06. The van der Waals surface area contributed by atoms with Gasteiger partial charge in [-0.2, -0.15) is 0 Å². The van der Waals surface area contributed by atoms with E-state index in [1.807, 2.05) is 6.92 Å². The summed E-state index contributed by atoms with van der Waals surface area (Å²) in [6, 6.07) is 0. The van der Waals surface area contributed by atoms with E-state index in [0.717, 1.165) is 12.8 Å². The molecule has 3 atom stereocenters. The van der Waals surface area contributed by atoms with E-state index < -0.39 is 34.5 Å². The lowest BCUT2D eigenvalue weighted by Gasteiger charge is -2.21. The Hall–Kier alpha value is -0.530. The first-order valence-corrected chi connectivity index (χ1v) is 7.08. The molecule has 4 N–H and O–H groups in total. The summed E-state index contributed by atoms with van der Waals surface area (Å²) in [7, 11) is -0.799. The first-order chi connectivity index (χ1) is 8.20. The van der Waals surface area contributed by atoms with Crippen LogP contribution in [-0.2, 0) is 4.79 Å². The number of nitrogens with one attached hydrogen (secondary N) is 1. The van der Waals surface area contributed by atoms with Crippen molar-refractivity contribution in [1.29, 1.82) is 0 Å². The van der Waals surface area contributed by atoms with Crippen LogP contribution in [0.15, 0.2) is 0 Å². The van der Waals surface area contributed by atoms with Gasteiger partial charge in [0.05, 0.1) is 5.05 Å². The summed E-state index contributed by atoms with van der Waals surface area (Å²) < 4.78 is 27.5. The van der Waals surface area contributed by atoms with Crippen molar-refractivity contribution in [3.8, 4) is 0 Å². The number of carbonyl (C=O) groups excluding carboxylic acids is 1. The van der Waals surface area contributed by atoms with E-state index in [0.29, 0.717) is 0 Å². The average Bonchev–Trinajstić information content (AvgIpc) is 3.13. The number of carbonyl (C=O) groups is 1. The van der Waals surface area contributed by atoms with Crippen LogP contribution < -0.4 is 10.5 Å². The summed E-state index contributed by atoms with van der Waals surface area (Å²) in [5.74, 6) is -1.63. The molecule has 2 aliphatic rings. The number of rotatable bonds is 4. The molecule has 2 aliphatic carbocycles. The largest absolute Gasteiger partial charge is 0.358 e. The van der Waals surface area contributed by atoms with E-state index in [9.17, 15) is 18.7 Å². The van der Waals surface area contributed by atoms with Crippen molar-refractivity contribution in [2.45, 2.75) is 49.8 Å². The Bertz CT molecular complexity index is 419. The minimum atomic E-state index is -2.57.